The first kappa shape index (κ1) is 26.5. The van der Waals surface area contributed by atoms with Crippen LogP contribution in [-0.2, 0) is 9.53 Å². The van der Waals surface area contributed by atoms with Crippen molar-refractivity contribution in [1.29, 1.82) is 0 Å². The Hall–Kier alpha value is -1.14. The fraction of sp³-hybridized carbons (Fsp3) is 0.933. The van der Waals surface area contributed by atoms with Gasteiger partial charge in [0.25, 0.3) is 0 Å². The van der Waals surface area contributed by atoms with Gasteiger partial charge in [-0.1, -0.05) is 20.3 Å². The van der Waals surface area contributed by atoms with E-state index in [-0.39, 0.29) is 41.3 Å². The molecule has 0 bridgehead atoms. The molecule has 4 saturated carbocycles. The van der Waals surface area contributed by atoms with Crippen molar-refractivity contribution >= 4 is 11.9 Å². The number of fused-ring (bicyclic) bond motifs is 5. The first-order valence-corrected chi connectivity index (χ1v) is 14.7. The molecular weight excluding hydrogens is 454 g/mol. The fourth-order valence-corrected chi connectivity index (χ4v) is 9.50. The molecule has 0 spiro atoms. The Balaban J connectivity index is 1.21. The summed E-state index contributed by atoms with van der Waals surface area (Å²) in [4.78, 5) is 26.8. The Kier molecular flexibility index (Phi) is 6.80. The van der Waals surface area contributed by atoms with Crippen LogP contribution in [0.5, 0.6) is 0 Å². The molecule has 204 valence electrons. The zero-order valence-corrected chi connectivity index (χ0v) is 23.2. The van der Waals surface area contributed by atoms with Gasteiger partial charge in [0.05, 0.1) is 6.10 Å². The normalized spacial score (nSPS) is 44.9. The molecule has 9 atom stereocenters. The first-order chi connectivity index (χ1) is 16.9. The molecule has 5 fully saturated rings. The Bertz CT molecular complexity index is 862. The van der Waals surface area contributed by atoms with Crippen LogP contribution in [0.1, 0.15) is 92.4 Å². The Morgan fingerprint density at radius 3 is 2.39 bits per heavy atom. The number of aliphatic hydroxyl groups excluding tert-OH is 2. The van der Waals surface area contributed by atoms with E-state index in [4.69, 9.17) is 4.74 Å². The lowest BCUT2D eigenvalue weighted by Gasteiger charge is -2.64. The molecule has 2 N–H and O–H groups in total. The summed E-state index contributed by atoms with van der Waals surface area (Å²) in [5.41, 5.74) is -0.572. The highest BCUT2D eigenvalue weighted by molar-refractivity contribution is 5.87. The van der Waals surface area contributed by atoms with Crippen molar-refractivity contribution in [1.82, 2.24) is 4.90 Å². The van der Waals surface area contributed by atoms with Crippen LogP contribution in [0.4, 0.5) is 4.79 Å². The van der Waals surface area contributed by atoms with Crippen molar-refractivity contribution in [2.24, 2.45) is 52.3 Å². The summed E-state index contributed by atoms with van der Waals surface area (Å²) in [6, 6.07) is 0. The quantitative estimate of drug-likeness (QED) is 0.561. The van der Waals surface area contributed by atoms with Gasteiger partial charge in [-0.25, -0.2) is 4.79 Å². The van der Waals surface area contributed by atoms with E-state index in [9.17, 15) is 19.8 Å². The molecule has 1 amide bonds. The molecule has 6 nitrogen and oxygen atoms in total. The van der Waals surface area contributed by atoms with Crippen LogP contribution in [0.25, 0.3) is 0 Å². The van der Waals surface area contributed by atoms with Crippen LogP contribution < -0.4 is 0 Å². The molecule has 6 heteroatoms. The molecule has 5 unspecified atom stereocenters. The summed E-state index contributed by atoms with van der Waals surface area (Å²) in [6.07, 6.45) is 8.65. The van der Waals surface area contributed by atoms with E-state index in [0.717, 1.165) is 51.6 Å². The van der Waals surface area contributed by atoms with Gasteiger partial charge >= 0.3 is 6.09 Å². The molecule has 5 aliphatic rings. The van der Waals surface area contributed by atoms with Gasteiger partial charge in [0.1, 0.15) is 11.4 Å². The van der Waals surface area contributed by atoms with Crippen LogP contribution in [0.2, 0.25) is 0 Å². The van der Waals surface area contributed by atoms with Crippen LogP contribution in [-0.4, -0.2) is 58.4 Å². The number of aliphatic hydroxyl groups is 2. The van der Waals surface area contributed by atoms with Crippen molar-refractivity contribution in [3.05, 3.63) is 0 Å². The number of Topliss-reactive ketones (excluding diaryl/α,β-unsaturated/α-hetero) is 1. The van der Waals surface area contributed by atoms with Gasteiger partial charge in [-0.2, -0.15) is 0 Å². The number of carbonyl (C=O) groups is 2. The SMILES string of the molecule is CC(C)(C)OC(=O)N1CC(CC[C@H]2CC[C@]3(C)C4CC[C@]5(C)C(=O)CCC5C4C(O)[C@H](CO)C3C2)C1. The smallest absolute Gasteiger partial charge is 0.410 e. The van der Waals surface area contributed by atoms with E-state index in [1.165, 1.54) is 12.8 Å². The minimum Gasteiger partial charge on any atom is -0.444 e. The highest BCUT2D eigenvalue weighted by Gasteiger charge is 2.64. The molecule has 5 rings (SSSR count). The minimum atomic E-state index is -0.499. The van der Waals surface area contributed by atoms with E-state index in [1.54, 1.807) is 0 Å². The number of ketones is 1. The van der Waals surface area contributed by atoms with Gasteiger partial charge in [0.2, 0.25) is 0 Å². The molecular formula is C30H49NO5. The fourth-order valence-electron chi connectivity index (χ4n) is 9.50. The summed E-state index contributed by atoms with van der Waals surface area (Å²) in [5.74, 6) is 2.72. The van der Waals surface area contributed by atoms with Crippen molar-refractivity contribution in [2.45, 2.75) is 104 Å². The van der Waals surface area contributed by atoms with Crippen molar-refractivity contribution in [2.75, 3.05) is 19.7 Å². The van der Waals surface area contributed by atoms with Crippen molar-refractivity contribution in [3.8, 4) is 0 Å². The van der Waals surface area contributed by atoms with Gasteiger partial charge in [-0.05, 0) is 107 Å². The Morgan fingerprint density at radius 1 is 1.03 bits per heavy atom. The molecule has 0 aromatic carbocycles. The van der Waals surface area contributed by atoms with Crippen LogP contribution in [0.15, 0.2) is 0 Å². The second-order valence-corrected chi connectivity index (χ2v) is 14.6. The van der Waals surface area contributed by atoms with E-state index in [1.807, 2.05) is 25.7 Å². The minimum absolute atomic E-state index is 0.0439. The molecule has 1 aliphatic heterocycles. The topological polar surface area (TPSA) is 87.1 Å². The predicted molar refractivity (Wildman–Crippen MR) is 138 cm³/mol. The number of nitrogens with zero attached hydrogens (tertiary/aromatic N) is 1. The average Bonchev–Trinajstić information content (AvgIpc) is 3.07. The van der Waals surface area contributed by atoms with Gasteiger partial charge in [-0.3, -0.25) is 4.79 Å². The van der Waals surface area contributed by atoms with E-state index < -0.39 is 11.7 Å². The van der Waals surface area contributed by atoms with Crippen LogP contribution in [0.3, 0.4) is 0 Å². The third-order valence-corrected chi connectivity index (χ3v) is 11.6. The van der Waals surface area contributed by atoms with Gasteiger partial charge in [0.15, 0.2) is 0 Å². The zero-order chi connectivity index (χ0) is 26.0. The highest BCUT2D eigenvalue weighted by atomic mass is 16.6. The van der Waals surface area contributed by atoms with Crippen LogP contribution in [0, 0.1) is 52.3 Å². The summed E-state index contributed by atoms with van der Waals surface area (Å²) in [7, 11) is 0. The zero-order valence-electron chi connectivity index (χ0n) is 23.2. The highest BCUT2D eigenvalue weighted by Crippen LogP contribution is 2.67. The molecule has 36 heavy (non-hydrogen) atoms. The summed E-state index contributed by atoms with van der Waals surface area (Å²) < 4.78 is 5.49. The molecule has 4 aliphatic carbocycles. The third-order valence-electron chi connectivity index (χ3n) is 11.6. The molecule has 0 aromatic rings. The number of carbonyl (C=O) groups excluding carboxylic acids is 2. The largest absolute Gasteiger partial charge is 0.444 e. The number of amides is 1. The summed E-state index contributed by atoms with van der Waals surface area (Å²) in [6.45, 7) is 12.0. The lowest BCUT2D eigenvalue weighted by atomic mass is 9.41. The van der Waals surface area contributed by atoms with E-state index in [0.29, 0.717) is 35.9 Å². The van der Waals surface area contributed by atoms with Crippen molar-refractivity contribution < 1.29 is 24.5 Å². The molecule has 0 aromatic heterocycles. The lowest BCUT2D eigenvalue weighted by Crippen LogP contribution is -2.62. The number of hydrogen-bond acceptors (Lipinski definition) is 5. The number of hydrogen-bond donors (Lipinski definition) is 2. The Morgan fingerprint density at radius 2 is 1.72 bits per heavy atom. The average molecular weight is 504 g/mol. The molecule has 1 heterocycles. The standard InChI is InChI=1S/C30H49NO5/c1-28(2,3)36-27(35)31-15-19(16-31)7-6-18-10-12-29(4)22-11-13-30(5)21(8-9-24(30)33)25(22)26(34)20(17-32)23(29)14-18/h18-23,25-26,32,34H,6-17H2,1-5H3/t18-,20+,21?,22?,23?,25?,26?,29+,30-/m0/s1. The van der Waals surface area contributed by atoms with Crippen molar-refractivity contribution in [3.63, 3.8) is 0 Å². The van der Waals surface area contributed by atoms with Crippen LogP contribution >= 0.6 is 0 Å². The first-order valence-electron chi connectivity index (χ1n) is 14.7. The van der Waals surface area contributed by atoms with Gasteiger partial charge < -0.3 is 19.8 Å². The second kappa shape index (κ2) is 9.25. The number of rotatable bonds is 4. The van der Waals surface area contributed by atoms with Gasteiger partial charge in [0, 0.05) is 37.5 Å². The Labute approximate surface area is 217 Å². The monoisotopic (exact) mass is 503 g/mol. The maximum absolute atomic E-state index is 12.8. The summed E-state index contributed by atoms with van der Waals surface area (Å²) in [5, 5.41) is 22.2. The van der Waals surface area contributed by atoms with E-state index in [2.05, 4.69) is 13.8 Å². The van der Waals surface area contributed by atoms with Gasteiger partial charge in [-0.15, -0.1) is 0 Å². The number of ether oxygens (including phenoxy) is 1. The number of likely N-dealkylation sites (tertiary alicyclic amines) is 1. The summed E-state index contributed by atoms with van der Waals surface area (Å²) >= 11 is 0. The maximum atomic E-state index is 12.8. The molecule has 1 saturated heterocycles. The third kappa shape index (κ3) is 4.32. The maximum Gasteiger partial charge on any atom is 0.410 e. The second-order valence-electron chi connectivity index (χ2n) is 14.6. The lowest BCUT2D eigenvalue weighted by molar-refractivity contribution is -0.201. The molecule has 0 radical (unpaired) electrons. The predicted octanol–water partition coefficient (Wildman–Crippen LogP) is 5.05. The van der Waals surface area contributed by atoms with E-state index >= 15 is 0 Å².